The molecule has 0 unspecified atom stereocenters. The molecule has 2 N–H and O–H groups in total. The number of aromatic hydroxyl groups is 2. The SMILES string of the molecule is Oc1ccc(O)c(-c2nc(-c3ncccc3Cl)no2)c1. The summed E-state index contributed by atoms with van der Waals surface area (Å²) in [6.07, 6.45) is 1.56. The molecule has 2 aromatic heterocycles. The van der Waals surface area contributed by atoms with Crippen molar-refractivity contribution in [1.29, 1.82) is 0 Å². The van der Waals surface area contributed by atoms with E-state index in [2.05, 4.69) is 15.1 Å². The van der Waals surface area contributed by atoms with Crippen LogP contribution in [-0.4, -0.2) is 25.3 Å². The van der Waals surface area contributed by atoms with Gasteiger partial charge in [-0.3, -0.25) is 4.98 Å². The molecular weight excluding hydrogens is 282 g/mol. The van der Waals surface area contributed by atoms with Crippen LogP contribution in [0.3, 0.4) is 0 Å². The van der Waals surface area contributed by atoms with Gasteiger partial charge in [0.05, 0.1) is 10.6 Å². The van der Waals surface area contributed by atoms with Gasteiger partial charge in [0.15, 0.2) is 0 Å². The second kappa shape index (κ2) is 4.82. The molecule has 6 nitrogen and oxygen atoms in total. The molecule has 100 valence electrons. The monoisotopic (exact) mass is 289 g/mol. The summed E-state index contributed by atoms with van der Waals surface area (Å²) >= 11 is 6.00. The standard InChI is InChI=1S/C13H8ClN3O3/c14-9-2-1-5-15-11(9)12-16-13(20-17-12)8-6-7(18)3-4-10(8)19/h1-6,18-19H. The minimum Gasteiger partial charge on any atom is -0.508 e. The minimum absolute atomic E-state index is 0.0200. The molecule has 0 radical (unpaired) electrons. The Labute approximate surface area is 118 Å². The first kappa shape index (κ1) is 12.4. The number of pyridine rings is 1. The zero-order chi connectivity index (χ0) is 14.1. The predicted octanol–water partition coefficient (Wildman–Crippen LogP) is 2.86. The fourth-order valence-electron chi connectivity index (χ4n) is 1.67. The molecule has 2 heterocycles. The molecule has 0 spiro atoms. The Hall–Kier alpha value is -2.60. The first-order valence-electron chi connectivity index (χ1n) is 5.62. The van der Waals surface area contributed by atoms with E-state index in [0.29, 0.717) is 10.7 Å². The van der Waals surface area contributed by atoms with Crippen LogP contribution in [0.2, 0.25) is 5.02 Å². The molecule has 0 bridgehead atoms. The Morgan fingerprint density at radius 1 is 1.15 bits per heavy atom. The van der Waals surface area contributed by atoms with E-state index in [0.717, 1.165) is 0 Å². The highest BCUT2D eigenvalue weighted by Crippen LogP contribution is 2.32. The quantitative estimate of drug-likeness (QED) is 0.705. The molecule has 0 aliphatic rings. The van der Waals surface area contributed by atoms with Crippen LogP contribution in [-0.2, 0) is 0 Å². The number of hydrogen-bond acceptors (Lipinski definition) is 6. The van der Waals surface area contributed by atoms with Crippen LogP contribution < -0.4 is 0 Å². The molecule has 1 aromatic carbocycles. The molecule has 3 aromatic rings. The molecule has 3 rings (SSSR count). The van der Waals surface area contributed by atoms with E-state index in [1.54, 1.807) is 18.3 Å². The Kier molecular flexibility index (Phi) is 3.00. The zero-order valence-electron chi connectivity index (χ0n) is 9.99. The molecule has 20 heavy (non-hydrogen) atoms. The van der Waals surface area contributed by atoms with Crippen LogP contribution >= 0.6 is 11.6 Å². The fourth-order valence-corrected chi connectivity index (χ4v) is 1.88. The van der Waals surface area contributed by atoms with Gasteiger partial charge in [0.25, 0.3) is 5.89 Å². The van der Waals surface area contributed by atoms with E-state index in [1.165, 1.54) is 18.2 Å². The zero-order valence-corrected chi connectivity index (χ0v) is 10.7. The van der Waals surface area contributed by atoms with Gasteiger partial charge in [-0.25, -0.2) is 0 Å². The van der Waals surface area contributed by atoms with E-state index >= 15 is 0 Å². The Morgan fingerprint density at radius 2 is 2.00 bits per heavy atom. The third-order valence-electron chi connectivity index (χ3n) is 2.61. The molecular formula is C13H8ClN3O3. The van der Waals surface area contributed by atoms with Crippen molar-refractivity contribution in [3.05, 3.63) is 41.6 Å². The summed E-state index contributed by atoms with van der Waals surface area (Å²) < 4.78 is 5.07. The first-order chi connectivity index (χ1) is 9.65. The van der Waals surface area contributed by atoms with Crippen LogP contribution in [0.4, 0.5) is 0 Å². The summed E-state index contributed by atoms with van der Waals surface area (Å²) in [5.41, 5.74) is 0.611. The molecule has 0 fully saturated rings. The number of phenolic OH excluding ortho intramolecular Hbond substituents is 2. The highest BCUT2D eigenvalue weighted by molar-refractivity contribution is 6.32. The van der Waals surface area contributed by atoms with Gasteiger partial charge >= 0.3 is 0 Å². The van der Waals surface area contributed by atoms with Crippen molar-refractivity contribution >= 4 is 11.6 Å². The molecule has 0 atom stereocenters. The molecule has 0 aliphatic heterocycles. The number of benzene rings is 1. The predicted molar refractivity (Wildman–Crippen MR) is 71.3 cm³/mol. The normalized spacial score (nSPS) is 10.7. The van der Waals surface area contributed by atoms with Gasteiger partial charge < -0.3 is 14.7 Å². The van der Waals surface area contributed by atoms with Crippen molar-refractivity contribution in [2.45, 2.75) is 0 Å². The second-order valence-electron chi connectivity index (χ2n) is 3.96. The first-order valence-corrected chi connectivity index (χ1v) is 6.00. The Balaban J connectivity index is 2.07. The summed E-state index contributed by atoms with van der Waals surface area (Å²) in [6, 6.07) is 7.36. The molecule has 0 amide bonds. The molecule has 0 aliphatic carbocycles. The van der Waals surface area contributed by atoms with Gasteiger partial charge in [-0.15, -0.1) is 0 Å². The maximum absolute atomic E-state index is 9.74. The average molecular weight is 290 g/mol. The van der Waals surface area contributed by atoms with Crippen molar-refractivity contribution in [2.24, 2.45) is 0 Å². The average Bonchev–Trinajstić information content (AvgIpc) is 2.91. The lowest BCUT2D eigenvalue weighted by atomic mass is 10.2. The third-order valence-corrected chi connectivity index (χ3v) is 2.91. The highest BCUT2D eigenvalue weighted by Gasteiger charge is 2.16. The number of halogens is 1. The van der Waals surface area contributed by atoms with Gasteiger partial charge in [-0.1, -0.05) is 16.8 Å². The lowest BCUT2D eigenvalue weighted by molar-refractivity contribution is 0.423. The van der Waals surface area contributed by atoms with Crippen LogP contribution in [0, 0.1) is 0 Å². The van der Waals surface area contributed by atoms with E-state index in [9.17, 15) is 10.2 Å². The van der Waals surface area contributed by atoms with Crippen molar-refractivity contribution in [2.75, 3.05) is 0 Å². The van der Waals surface area contributed by atoms with Crippen LogP contribution in [0.5, 0.6) is 11.5 Å². The third kappa shape index (κ3) is 2.17. The van der Waals surface area contributed by atoms with Gasteiger partial charge in [0.2, 0.25) is 5.82 Å². The smallest absolute Gasteiger partial charge is 0.262 e. The second-order valence-corrected chi connectivity index (χ2v) is 4.37. The van der Waals surface area contributed by atoms with Crippen LogP contribution in [0.15, 0.2) is 41.1 Å². The van der Waals surface area contributed by atoms with Crippen LogP contribution in [0.25, 0.3) is 23.0 Å². The minimum atomic E-state index is -0.0786. The van der Waals surface area contributed by atoms with Crippen molar-refractivity contribution in [3.63, 3.8) is 0 Å². The van der Waals surface area contributed by atoms with Gasteiger partial charge in [-0.05, 0) is 30.3 Å². The van der Waals surface area contributed by atoms with Crippen LogP contribution in [0.1, 0.15) is 0 Å². The van der Waals surface area contributed by atoms with Crippen molar-refractivity contribution < 1.29 is 14.7 Å². The number of nitrogens with zero attached hydrogens (tertiary/aromatic N) is 3. The van der Waals surface area contributed by atoms with E-state index < -0.39 is 0 Å². The largest absolute Gasteiger partial charge is 0.508 e. The maximum Gasteiger partial charge on any atom is 0.262 e. The summed E-state index contributed by atoms with van der Waals surface area (Å²) in [7, 11) is 0. The fraction of sp³-hybridized carbons (Fsp3) is 0. The Bertz CT molecular complexity index is 773. The van der Waals surface area contributed by atoms with E-state index in [-0.39, 0.29) is 28.8 Å². The topological polar surface area (TPSA) is 92.3 Å². The lowest BCUT2D eigenvalue weighted by Gasteiger charge is -1.99. The molecule has 0 saturated carbocycles. The summed E-state index contributed by atoms with van der Waals surface area (Å²) in [5.74, 6) is 0.169. The van der Waals surface area contributed by atoms with Gasteiger partial charge in [0, 0.05) is 6.20 Å². The highest BCUT2D eigenvalue weighted by atomic mass is 35.5. The lowest BCUT2D eigenvalue weighted by Crippen LogP contribution is -1.86. The molecule has 0 saturated heterocycles. The summed E-state index contributed by atoms with van der Waals surface area (Å²) in [4.78, 5) is 8.18. The Morgan fingerprint density at radius 3 is 2.80 bits per heavy atom. The van der Waals surface area contributed by atoms with E-state index in [4.69, 9.17) is 16.1 Å². The van der Waals surface area contributed by atoms with Crippen molar-refractivity contribution in [3.8, 4) is 34.5 Å². The molecule has 7 heteroatoms. The number of hydrogen-bond donors (Lipinski definition) is 2. The van der Waals surface area contributed by atoms with Gasteiger partial charge in [0.1, 0.15) is 17.2 Å². The summed E-state index contributed by atoms with van der Waals surface area (Å²) in [5, 5.41) is 23.3. The van der Waals surface area contributed by atoms with Crippen molar-refractivity contribution in [1.82, 2.24) is 15.1 Å². The number of rotatable bonds is 2. The summed E-state index contributed by atoms with van der Waals surface area (Å²) in [6.45, 7) is 0. The number of phenols is 2. The van der Waals surface area contributed by atoms with Gasteiger partial charge in [-0.2, -0.15) is 4.98 Å². The maximum atomic E-state index is 9.74. The number of aromatic nitrogens is 3. The van der Waals surface area contributed by atoms with E-state index in [1.807, 2.05) is 0 Å².